The van der Waals surface area contributed by atoms with Crippen LogP contribution in [0, 0.1) is 10.1 Å². The van der Waals surface area contributed by atoms with Gasteiger partial charge >= 0.3 is 5.37 Å². The summed E-state index contributed by atoms with van der Waals surface area (Å²) in [5.74, 6) is 0.619. The molecule has 0 N–H and O–H groups in total. The molecule has 0 aliphatic carbocycles. The van der Waals surface area contributed by atoms with Crippen molar-refractivity contribution >= 4 is 21.6 Å². The number of thioether (sulfide) groups is 1. The second kappa shape index (κ2) is 9.01. The number of hydrogen-bond acceptors (Lipinski definition) is 5. The van der Waals surface area contributed by atoms with E-state index in [1.165, 1.54) is 23.9 Å². The zero-order chi connectivity index (χ0) is 18.3. The Labute approximate surface area is 152 Å². The van der Waals surface area contributed by atoms with Crippen LogP contribution in [-0.4, -0.2) is 29.7 Å². The Kier molecular flexibility index (Phi) is 7.01. The molecule has 2 atom stereocenters. The van der Waals surface area contributed by atoms with Crippen LogP contribution in [0.1, 0.15) is 18.9 Å². The molecule has 0 amide bonds. The SMILES string of the molecule is CCS[C@@H](CCc1ccccc1)[C@H]([N+](=O)[O-])S(=O)(=O)c1ccccc1. The molecular weight excluding hydrogens is 358 g/mol. The van der Waals surface area contributed by atoms with Gasteiger partial charge in [0.2, 0.25) is 9.84 Å². The van der Waals surface area contributed by atoms with Crippen LogP contribution < -0.4 is 0 Å². The maximum atomic E-state index is 12.8. The fourth-order valence-corrected chi connectivity index (χ4v) is 5.90. The zero-order valence-electron chi connectivity index (χ0n) is 13.9. The summed E-state index contributed by atoms with van der Waals surface area (Å²) in [4.78, 5) is 11.0. The van der Waals surface area contributed by atoms with E-state index in [1.807, 2.05) is 37.3 Å². The highest BCUT2D eigenvalue weighted by Crippen LogP contribution is 2.29. The smallest absolute Gasteiger partial charge is 0.263 e. The highest BCUT2D eigenvalue weighted by molar-refractivity contribution is 8.01. The minimum absolute atomic E-state index is 0.00175. The summed E-state index contributed by atoms with van der Waals surface area (Å²) in [6.07, 6.45) is 1.04. The van der Waals surface area contributed by atoms with Crippen LogP contribution in [0.3, 0.4) is 0 Å². The van der Waals surface area contributed by atoms with Gasteiger partial charge < -0.3 is 0 Å². The summed E-state index contributed by atoms with van der Waals surface area (Å²) >= 11 is 1.33. The third kappa shape index (κ3) is 5.06. The van der Waals surface area contributed by atoms with Crippen LogP contribution in [0.2, 0.25) is 0 Å². The molecule has 0 aliphatic rings. The molecule has 0 spiro atoms. The summed E-state index contributed by atoms with van der Waals surface area (Å²) in [6, 6.07) is 17.3. The molecule has 0 fully saturated rings. The van der Waals surface area contributed by atoms with Crippen molar-refractivity contribution in [1.82, 2.24) is 0 Å². The molecular formula is C18H21NO4S2. The van der Waals surface area contributed by atoms with Crippen LogP contribution >= 0.6 is 11.8 Å². The number of nitrogens with zero attached hydrogens (tertiary/aromatic N) is 1. The predicted molar refractivity (Wildman–Crippen MR) is 101 cm³/mol. The van der Waals surface area contributed by atoms with Crippen LogP contribution in [0.4, 0.5) is 0 Å². The quantitative estimate of drug-likeness (QED) is 0.489. The van der Waals surface area contributed by atoms with Gasteiger partial charge in [0.1, 0.15) is 0 Å². The maximum Gasteiger partial charge on any atom is 0.326 e. The van der Waals surface area contributed by atoms with Crippen molar-refractivity contribution in [3.8, 4) is 0 Å². The number of hydrogen-bond donors (Lipinski definition) is 0. The molecule has 0 aromatic heterocycles. The number of nitro groups is 1. The van der Waals surface area contributed by atoms with Gasteiger partial charge in [-0.1, -0.05) is 55.5 Å². The zero-order valence-corrected chi connectivity index (χ0v) is 15.6. The molecule has 134 valence electrons. The number of rotatable bonds is 9. The van der Waals surface area contributed by atoms with E-state index in [-0.39, 0.29) is 4.90 Å². The van der Waals surface area contributed by atoms with Crippen molar-refractivity contribution in [3.05, 3.63) is 76.3 Å². The standard InChI is InChI=1S/C18H21NO4S2/c1-2-24-17(14-13-15-9-5-3-6-10-15)18(19(20)21)25(22,23)16-11-7-4-8-12-16/h3-12,17-18H,2,13-14H2,1H3/t17-,18+/m0/s1. The fraction of sp³-hybridized carbons (Fsp3) is 0.333. The molecule has 0 radical (unpaired) electrons. The van der Waals surface area contributed by atoms with Crippen molar-refractivity contribution in [2.75, 3.05) is 5.75 Å². The van der Waals surface area contributed by atoms with Gasteiger partial charge in [0.15, 0.2) is 0 Å². The lowest BCUT2D eigenvalue weighted by atomic mass is 10.1. The first-order valence-corrected chi connectivity index (χ1v) is 10.6. The Balaban J connectivity index is 2.29. The molecule has 0 aliphatic heterocycles. The molecule has 2 aromatic carbocycles. The molecule has 0 saturated heterocycles. The van der Waals surface area contributed by atoms with Gasteiger partial charge in [-0.05, 0) is 36.3 Å². The summed E-state index contributed by atoms with van der Waals surface area (Å²) < 4.78 is 25.7. The first-order valence-electron chi connectivity index (χ1n) is 8.04. The molecule has 7 heteroatoms. The Hall–Kier alpha value is -1.86. The monoisotopic (exact) mass is 379 g/mol. The Morgan fingerprint density at radius 1 is 1.04 bits per heavy atom. The molecule has 2 rings (SSSR count). The van der Waals surface area contributed by atoms with Crippen LogP contribution in [-0.2, 0) is 16.3 Å². The number of aryl methyl sites for hydroxylation is 1. The normalized spacial score (nSPS) is 14.0. The molecule has 0 saturated carbocycles. The molecule has 5 nitrogen and oxygen atoms in total. The molecule has 0 bridgehead atoms. The van der Waals surface area contributed by atoms with Gasteiger partial charge in [-0.2, -0.15) is 11.8 Å². The van der Waals surface area contributed by atoms with E-state index in [9.17, 15) is 18.5 Å². The summed E-state index contributed by atoms with van der Waals surface area (Å²) in [6.45, 7) is 1.88. The fourth-order valence-electron chi connectivity index (χ4n) is 2.67. The third-order valence-electron chi connectivity index (χ3n) is 3.86. The van der Waals surface area contributed by atoms with Crippen LogP contribution in [0.25, 0.3) is 0 Å². The minimum atomic E-state index is -4.05. The van der Waals surface area contributed by atoms with Crippen molar-refractivity contribution in [3.63, 3.8) is 0 Å². The average molecular weight is 380 g/mol. The van der Waals surface area contributed by atoms with E-state index in [0.29, 0.717) is 18.6 Å². The van der Waals surface area contributed by atoms with Gasteiger partial charge in [-0.15, -0.1) is 0 Å². The van der Waals surface area contributed by atoms with E-state index in [1.54, 1.807) is 18.2 Å². The second-order valence-electron chi connectivity index (χ2n) is 5.55. The van der Waals surface area contributed by atoms with Gasteiger partial charge in [-0.3, -0.25) is 10.1 Å². The Bertz CT molecular complexity index is 779. The minimum Gasteiger partial charge on any atom is -0.263 e. The van der Waals surface area contributed by atoms with Gasteiger partial charge in [0, 0.05) is 4.92 Å². The van der Waals surface area contributed by atoms with Crippen LogP contribution in [0.5, 0.6) is 0 Å². The van der Waals surface area contributed by atoms with E-state index >= 15 is 0 Å². The van der Waals surface area contributed by atoms with Crippen LogP contribution in [0.15, 0.2) is 65.6 Å². The third-order valence-corrected chi connectivity index (χ3v) is 7.35. The maximum absolute atomic E-state index is 12.8. The van der Waals surface area contributed by atoms with E-state index in [4.69, 9.17) is 0 Å². The van der Waals surface area contributed by atoms with Crippen molar-refractivity contribution in [2.24, 2.45) is 0 Å². The van der Waals surface area contributed by atoms with E-state index < -0.39 is 25.4 Å². The van der Waals surface area contributed by atoms with E-state index in [0.717, 1.165) is 5.56 Å². The molecule has 2 aromatic rings. The van der Waals surface area contributed by atoms with Crippen molar-refractivity contribution in [1.29, 1.82) is 0 Å². The summed E-state index contributed by atoms with van der Waals surface area (Å²) in [5.41, 5.74) is 1.04. The molecule has 0 unspecified atom stereocenters. The number of benzene rings is 2. The van der Waals surface area contributed by atoms with Crippen molar-refractivity contribution < 1.29 is 13.3 Å². The lowest BCUT2D eigenvalue weighted by Gasteiger charge is -2.20. The number of sulfone groups is 1. The largest absolute Gasteiger partial charge is 0.326 e. The first-order chi connectivity index (χ1) is 12.0. The summed E-state index contributed by atoms with van der Waals surface area (Å²) in [7, 11) is -4.05. The Morgan fingerprint density at radius 3 is 2.12 bits per heavy atom. The highest BCUT2D eigenvalue weighted by Gasteiger charge is 2.44. The van der Waals surface area contributed by atoms with E-state index in [2.05, 4.69) is 0 Å². The average Bonchev–Trinajstić information content (AvgIpc) is 2.61. The molecule has 0 heterocycles. The second-order valence-corrected chi connectivity index (χ2v) is 9.11. The van der Waals surface area contributed by atoms with Gasteiger partial charge in [0.05, 0.1) is 10.1 Å². The first kappa shape index (κ1) is 19.5. The highest BCUT2D eigenvalue weighted by atomic mass is 32.2. The van der Waals surface area contributed by atoms with Gasteiger partial charge in [-0.25, -0.2) is 8.42 Å². The lowest BCUT2D eigenvalue weighted by Crippen LogP contribution is -2.39. The summed E-state index contributed by atoms with van der Waals surface area (Å²) in [5, 5.41) is 9.40. The Morgan fingerprint density at radius 2 is 1.60 bits per heavy atom. The van der Waals surface area contributed by atoms with Crippen molar-refractivity contribution in [2.45, 2.75) is 35.3 Å². The van der Waals surface area contributed by atoms with Gasteiger partial charge in [0.25, 0.3) is 0 Å². The predicted octanol–water partition coefficient (Wildman–Crippen LogP) is 3.82. The topological polar surface area (TPSA) is 77.3 Å². The lowest BCUT2D eigenvalue weighted by molar-refractivity contribution is -0.496. The molecule has 25 heavy (non-hydrogen) atoms.